The average molecular weight is 147 g/mol. The van der Waals surface area contributed by atoms with Crippen LogP contribution in [0, 0.1) is 11.1 Å². The summed E-state index contributed by atoms with van der Waals surface area (Å²) < 4.78 is 0. The number of nitrogens with one attached hydrogen (secondary N) is 1. The summed E-state index contributed by atoms with van der Waals surface area (Å²) in [5.74, 6) is 0.0185. The van der Waals surface area contributed by atoms with Crippen LogP contribution < -0.4 is 5.23 Å². The third-order valence-corrected chi connectivity index (χ3v) is 1.34. The van der Waals surface area contributed by atoms with Crippen LogP contribution in [0.4, 0.5) is 0 Å². The molecule has 2 atom stereocenters. The van der Waals surface area contributed by atoms with E-state index < -0.39 is 11.3 Å². The van der Waals surface area contributed by atoms with Gasteiger partial charge in [0.1, 0.15) is 0 Å². The largest absolute Gasteiger partial charge is 0.599 e. The van der Waals surface area contributed by atoms with Crippen molar-refractivity contribution in [3.05, 3.63) is 5.21 Å². The molecule has 10 heavy (non-hydrogen) atoms. The highest BCUT2D eigenvalue weighted by atomic mass is 16.9. The SMILES string of the molecule is CO[NH+]([O-])C(C=O)C(C)C. The zero-order chi connectivity index (χ0) is 8.15. The van der Waals surface area contributed by atoms with Crippen LogP contribution in [0.3, 0.4) is 0 Å². The predicted molar refractivity (Wildman–Crippen MR) is 36.0 cm³/mol. The number of quaternary nitrogens is 1. The van der Waals surface area contributed by atoms with Crippen molar-refractivity contribution in [2.75, 3.05) is 7.11 Å². The van der Waals surface area contributed by atoms with Gasteiger partial charge >= 0.3 is 0 Å². The van der Waals surface area contributed by atoms with Crippen molar-refractivity contribution in [2.24, 2.45) is 5.92 Å². The summed E-state index contributed by atoms with van der Waals surface area (Å²) in [4.78, 5) is 14.6. The molecule has 0 heterocycles. The lowest BCUT2D eigenvalue weighted by Crippen LogP contribution is -3.11. The lowest BCUT2D eigenvalue weighted by Gasteiger charge is -2.25. The number of hydroxylamine groups is 2. The van der Waals surface area contributed by atoms with Crippen molar-refractivity contribution in [3.8, 4) is 0 Å². The molecule has 0 saturated heterocycles. The predicted octanol–water partition coefficient (Wildman–Crippen LogP) is -0.846. The van der Waals surface area contributed by atoms with Gasteiger partial charge in [-0.15, -0.1) is 0 Å². The number of hydrogen-bond donors (Lipinski definition) is 1. The normalized spacial score (nSPS) is 16.9. The van der Waals surface area contributed by atoms with Crippen molar-refractivity contribution in [2.45, 2.75) is 19.9 Å². The van der Waals surface area contributed by atoms with Gasteiger partial charge in [-0.3, -0.25) is 4.79 Å². The summed E-state index contributed by atoms with van der Waals surface area (Å²) in [5.41, 5.74) is 0. The maximum absolute atomic E-state index is 10.7. The Bertz CT molecular complexity index is 105. The zero-order valence-corrected chi connectivity index (χ0v) is 6.46. The first-order valence-corrected chi connectivity index (χ1v) is 3.16. The first-order valence-electron chi connectivity index (χ1n) is 3.16. The fourth-order valence-corrected chi connectivity index (χ4v) is 0.621. The Morgan fingerprint density at radius 2 is 2.10 bits per heavy atom. The van der Waals surface area contributed by atoms with E-state index in [2.05, 4.69) is 4.84 Å². The Morgan fingerprint density at radius 3 is 2.20 bits per heavy atom. The third-order valence-electron chi connectivity index (χ3n) is 1.34. The molecule has 0 fully saturated rings. The maximum Gasteiger partial charge on any atom is 0.180 e. The van der Waals surface area contributed by atoms with Crippen molar-refractivity contribution in [3.63, 3.8) is 0 Å². The van der Waals surface area contributed by atoms with Crippen molar-refractivity contribution in [1.29, 1.82) is 0 Å². The minimum atomic E-state index is -0.606. The standard InChI is InChI=1S/C6H13NO3/c1-5(2)6(4-8)7(9)10-3/h4-7H,1-3H3. The van der Waals surface area contributed by atoms with E-state index in [9.17, 15) is 10.0 Å². The van der Waals surface area contributed by atoms with Gasteiger partial charge in [-0.05, 0) is 0 Å². The van der Waals surface area contributed by atoms with Crippen LogP contribution >= 0.6 is 0 Å². The van der Waals surface area contributed by atoms with Gasteiger partial charge in [0.2, 0.25) is 0 Å². The van der Waals surface area contributed by atoms with E-state index in [1.807, 2.05) is 0 Å². The van der Waals surface area contributed by atoms with Gasteiger partial charge < -0.3 is 5.21 Å². The van der Waals surface area contributed by atoms with Crippen LogP contribution in [0.25, 0.3) is 0 Å². The molecule has 0 radical (unpaired) electrons. The third kappa shape index (κ3) is 2.43. The van der Waals surface area contributed by atoms with E-state index >= 15 is 0 Å². The second-order valence-corrected chi connectivity index (χ2v) is 2.43. The molecule has 0 amide bonds. The number of rotatable bonds is 4. The second kappa shape index (κ2) is 4.38. The van der Waals surface area contributed by atoms with Crippen molar-refractivity contribution < 1.29 is 14.9 Å². The summed E-state index contributed by atoms with van der Waals surface area (Å²) in [6.07, 6.45) is 0.622. The quantitative estimate of drug-likeness (QED) is 0.416. The molecule has 4 heteroatoms. The number of carbonyl (C=O) groups is 1. The monoisotopic (exact) mass is 147 g/mol. The summed E-state index contributed by atoms with van der Waals surface area (Å²) in [6, 6.07) is -0.606. The van der Waals surface area contributed by atoms with E-state index in [-0.39, 0.29) is 5.92 Å². The molecule has 0 saturated carbocycles. The molecule has 0 rings (SSSR count). The second-order valence-electron chi connectivity index (χ2n) is 2.43. The van der Waals surface area contributed by atoms with E-state index in [4.69, 9.17) is 0 Å². The fourth-order valence-electron chi connectivity index (χ4n) is 0.621. The molecule has 0 aromatic carbocycles. The Hall–Kier alpha value is -0.450. The van der Waals surface area contributed by atoms with Crippen molar-refractivity contribution in [1.82, 2.24) is 0 Å². The first-order chi connectivity index (χ1) is 4.63. The van der Waals surface area contributed by atoms with Crippen LogP contribution in [-0.4, -0.2) is 19.4 Å². The molecule has 0 spiro atoms. The molecule has 0 aliphatic carbocycles. The van der Waals surface area contributed by atoms with Gasteiger partial charge in [-0.25, -0.2) is 10.1 Å². The average Bonchev–Trinajstić information content (AvgIpc) is 1.88. The van der Waals surface area contributed by atoms with Crippen LogP contribution in [0.5, 0.6) is 0 Å². The number of aldehydes is 1. The van der Waals surface area contributed by atoms with Gasteiger partial charge in [0, 0.05) is 5.92 Å². The Labute approximate surface area is 60.3 Å². The lowest BCUT2D eigenvalue weighted by atomic mass is 10.1. The number of hydrogen-bond acceptors (Lipinski definition) is 3. The molecule has 4 nitrogen and oxygen atoms in total. The molecule has 2 unspecified atom stereocenters. The fraction of sp³-hybridized carbons (Fsp3) is 0.833. The summed E-state index contributed by atoms with van der Waals surface area (Å²) in [5, 5.41) is 10.3. The highest BCUT2D eigenvalue weighted by Gasteiger charge is 2.18. The van der Waals surface area contributed by atoms with Gasteiger partial charge in [0.05, 0.1) is 7.11 Å². The molecular weight excluding hydrogens is 134 g/mol. The molecule has 0 aromatic rings. The first kappa shape index (κ1) is 9.55. The highest BCUT2D eigenvalue weighted by Crippen LogP contribution is 1.93. The van der Waals surface area contributed by atoms with E-state index in [0.717, 1.165) is 0 Å². The van der Waals surface area contributed by atoms with Gasteiger partial charge in [-0.2, -0.15) is 0 Å². The van der Waals surface area contributed by atoms with Gasteiger partial charge in [0.25, 0.3) is 0 Å². The minimum Gasteiger partial charge on any atom is -0.599 e. The topological polar surface area (TPSA) is 53.8 Å². The summed E-state index contributed by atoms with van der Waals surface area (Å²) in [6.45, 7) is 3.60. The Kier molecular flexibility index (Phi) is 4.18. The van der Waals surface area contributed by atoms with Crippen LogP contribution in [0.1, 0.15) is 13.8 Å². The highest BCUT2D eigenvalue weighted by molar-refractivity contribution is 5.55. The van der Waals surface area contributed by atoms with Gasteiger partial charge in [-0.1, -0.05) is 13.8 Å². The smallest absolute Gasteiger partial charge is 0.180 e. The molecule has 0 bridgehead atoms. The molecule has 60 valence electrons. The van der Waals surface area contributed by atoms with E-state index in [1.165, 1.54) is 7.11 Å². The zero-order valence-electron chi connectivity index (χ0n) is 6.46. The maximum atomic E-state index is 10.7. The molecule has 0 aliphatic heterocycles. The lowest BCUT2D eigenvalue weighted by molar-refractivity contribution is -1.06. The molecule has 0 aliphatic rings. The molecular formula is C6H13NO3. The van der Waals surface area contributed by atoms with Crippen LogP contribution in [-0.2, 0) is 9.63 Å². The summed E-state index contributed by atoms with van der Waals surface area (Å²) >= 11 is 0. The minimum absolute atomic E-state index is 0.0185. The van der Waals surface area contributed by atoms with Crippen LogP contribution in [0.2, 0.25) is 0 Å². The van der Waals surface area contributed by atoms with Crippen LogP contribution in [0.15, 0.2) is 0 Å². The van der Waals surface area contributed by atoms with Gasteiger partial charge in [0.15, 0.2) is 12.3 Å². The summed E-state index contributed by atoms with van der Waals surface area (Å²) in [7, 11) is 1.28. The van der Waals surface area contributed by atoms with E-state index in [0.29, 0.717) is 6.29 Å². The Balaban J connectivity index is 3.92. The number of carbonyl (C=O) groups excluding carboxylic acids is 1. The van der Waals surface area contributed by atoms with E-state index in [1.54, 1.807) is 13.8 Å². The molecule has 0 aromatic heterocycles. The Morgan fingerprint density at radius 1 is 1.60 bits per heavy atom. The molecule has 1 N–H and O–H groups in total. The van der Waals surface area contributed by atoms with Crippen molar-refractivity contribution >= 4 is 6.29 Å².